The smallest absolute Gasteiger partial charge is 0.255 e. The number of carbonyl (C=O) groups is 1. The molecule has 2 heterocycles. The van der Waals surface area contributed by atoms with Crippen LogP contribution in [-0.4, -0.2) is 41.0 Å². The Morgan fingerprint density at radius 3 is 2.70 bits per heavy atom. The van der Waals surface area contributed by atoms with Crippen LogP contribution >= 0.6 is 11.6 Å². The largest absolute Gasteiger partial charge is 0.333 e. The molecule has 23 heavy (non-hydrogen) atoms. The summed E-state index contributed by atoms with van der Waals surface area (Å²) < 4.78 is 0. The van der Waals surface area contributed by atoms with Crippen LogP contribution in [0.15, 0.2) is 42.7 Å². The van der Waals surface area contributed by atoms with Gasteiger partial charge in [-0.05, 0) is 37.6 Å². The van der Waals surface area contributed by atoms with Crippen molar-refractivity contribution in [2.24, 2.45) is 0 Å². The molecule has 2 atom stereocenters. The van der Waals surface area contributed by atoms with E-state index in [0.717, 1.165) is 24.2 Å². The summed E-state index contributed by atoms with van der Waals surface area (Å²) in [4.78, 5) is 19.0. The number of aromatic nitrogens is 1. The Morgan fingerprint density at radius 1 is 1.22 bits per heavy atom. The van der Waals surface area contributed by atoms with E-state index < -0.39 is 0 Å². The summed E-state index contributed by atoms with van der Waals surface area (Å²) in [6, 6.07) is 9.90. The van der Waals surface area contributed by atoms with Crippen LogP contribution in [0.4, 0.5) is 0 Å². The minimum atomic E-state index is 0.0363. The van der Waals surface area contributed by atoms with Crippen LogP contribution in [0.1, 0.15) is 24.2 Å². The molecule has 1 aromatic heterocycles. The number of rotatable bonds is 2. The van der Waals surface area contributed by atoms with E-state index in [2.05, 4.69) is 24.1 Å². The van der Waals surface area contributed by atoms with Gasteiger partial charge in [-0.2, -0.15) is 0 Å². The zero-order valence-corrected chi connectivity index (χ0v) is 14.0. The molecule has 0 bridgehead atoms. The first-order chi connectivity index (χ1) is 11.1. The number of nitrogens with zero attached hydrogens (tertiary/aromatic N) is 2. The minimum absolute atomic E-state index is 0.0363. The molecule has 1 N–H and O–H groups in total. The lowest BCUT2D eigenvalue weighted by atomic mass is 10.0. The molecule has 1 amide bonds. The molecule has 0 radical (unpaired) electrons. The van der Waals surface area contributed by atoms with E-state index in [0.29, 0.717) is 16.6 Å². The topological polar surface area (TPSA) is 45.2 Å². The number of hydrogen-bond donors (Lipinski definition) is 1. The van der Waals surface area contributed by atoms with Crippen molar-refractivity contribution >= 4 is 17.5 Å². The van der Waals surface area contributed by atoms with Crippen molar-refractivity contribution in [2.75, 3.05) is 13.1 Å². The molecule has 0 spiro atoms. The summed E-state index contributed by atoms with van der Waals surface area (Å²) >= 11 is 5.93. The molecule has 5 heteroatoms. The maximum absolute atomic E-state index is 12.8. The number of carbonyl (C=O) groups excluding carboxylic acids is 1. The van der Waals surface area contributed by atoms with Crippen LogP contribution < -0.4 is 5.32 Å². The number of amides is 1. The average molecular weight is 330 g/mol. The second-order valence-electron chi connectivity index (χ2n) is 5.95. The summed E-state index contributed by atoms with van der Waals surface area (Å²) in [5.74, 6) is 0.0363. The first-order valence-electron chi connectivity index (χ1n) is 7.81. The van der Waals surface area contributed by atoms with Crippen molar-refractivity contribution in [3.63, 3.8) is 0 Å². The van der Waals surface area contributed by atoms with Gasteiger partial charge in [0.15, 0.2) is 0 Å². The Kier molecular flexibility index (Phi) is 4.64. The molecule has 1 aliphatic heterocycles. The minimum Gasteiger partial charge on any atom is -0.333 e. The zero-order valence-electron chi connectivity index (χ0n) is 13.3. The fraction of sp³-hybridized carbons (Fsp3) is 0.333. The Labute approximate surface area is 141 Å². The van der Waals surface area contributed by atoms with Gasteiger partial charge in [-0.1, -0.05) is 23.7 Å². The fourth-order valence-electron chi connectivity index (χ4n) is 2.87. The highest BCUT2D eigenvalue weighted by Crippen LogP contribution is 2.23. The number of pyridine rings is 1. The summed E-state index contributed by atoms with van der Waals surface area (Å²) in [6.45, 7) is 5.72. The lowest BCUT2D eigenvalue weighted by Crippen LogP contribution is -2.57. The van der Waals surface area contributed by atoms with Gasteiger partial charge in [0.2, 0.25) is 0 Å². The van der Waals surface area contributed by atoms with Crippen LogP contribution in [0.3, 0.4) is 0 Å². The Morgan fingerprint density at radius 2 is 1.96 bits per heavy atom. The first-order valence-corrected chi connectivity index (χ1v) is 8.19. The van der Waals surface area contributed by atoms with Crippen LogP contribution in [0, 0.1) is 0 Å². The molecular weight excluding hydrogens is 310 g/mol. The van der Waals surface area contributed by atoms with Gasteiger partial charge in [0, 0.05) is 48.2 Å². The summed E-state index contributed by atoms with van der Waals surface area (Å²) in [7, 11) is 0. The van der Waals surface area contributed by atoms with Crippen LogP contribution in [0.25, 0.3) is 11.1 Å². The van der Waals surface area contributed by atoms with E-state index in [1.807, 2.05) is 35.2 Å². The van der Waals surface area contributed by atoms with Gasteiger partial charge >= 0.3 is 0 Å². The molecule has 2 unspecified atom stereocenters. The number of piperazine rings is 1. The lowest BCUT2D eigenvalue weighted by molar-refractivity contribution is 0.0602. The molecule has 1 aliphatic rings. The van der Waals surface area contributed by atoms with Crippen molar-refractivity contribution in [1.82, 2.24) is 15.2 Å². The Hall–Kier alpha value is -1.91. The number of hydrogen-bond acceptors (Lipinski definition) is 3. The number of nitrogens with one attached hydrogen (secondary N) is 1. The highest BCUT2D eigenvalue weighted by Gasteiger charge is 2.28. The van der Waals surface area contributed by atoms with Crippen LogP contribution in [0.5, 0.6) is 0 Å². The quantitative estimate of drug-likeness (QED) is 0.920. The summed E-state index contributed by atoms with van der Waals surface area (Å²) in [5.41, 5.74) is 2.54. The predicted octanol–water partition coefficient (Wildman–Crippen LogP) is 3.22. The Bertz CT molecular complexity index is 702. The standard InChI is InChI=1S/C18H20ClN3O/c1-12-13(2)22(8-7-21-12)18(23)16-9-15(10-20-11-16)14-3-5-17(19)6-4-14/h3-6,9-13,21H,7-8H2,1-2H3. The molecule has 1 saturated heterocycles. The zero-order chi connectivity index (χ0) is 16.4. The van der Waals surface area contributed by atoms with Crippen molar-refractivity contribution < 1.29 is 4.79 Å². The van der Waals surface area contributed by atoms with Gasteiger partial charge in [0.1, 0.15) is 0 Å². The van der Waals surface area contributed by atoms with Gasteiger partial charge < -0.3 is 10.2 Å². The molecule has 2 aromatic rings. The van der Waals surface area contributed by atoms with Crippen molar-refractivity contribution in [1.29, 1.82) is 0 Å². The van der Waals surface area contributed by atoms with Gasteiger partial charge in [-0.3, -0.25) is 9.78 Å². The maximum atomic E-state index is 12.8. The fourth-order valence-corrected chi connectivity index (χ4v) is 2.99. The molecule has 3 rings (SSSR count). The van der Waals surface area contributed by atoms with E-state index >= 15 is 0 Å². The molecular formula is C18H20ClN3O. The highest BCUT2D eigenvalue weighted by molar-refractivity contribution is 6.30. The lowest BCUT2D eigenvalue weighted by Gasteiger charge is -2.38. The van der Waals surface area contributed by atoms with E-state index in [9.17, 15) is 4.79 Å². The molecule has 1 fully saturated rings. The summed E-state index contributed by atoms with van der Waals surface area (Å²) in [6.07, 6.45) is 3.41. The second-order valence-corrected chi connectivity index (χ2v) is 6.39. The normalized spacial score (nSPS) is 21.3. The van der Waals surface area contributed by atoms with E-state index in [1.54, 1.807) is 12.4 Å². The van der Waals surface area contributed by atoms with Crippen LogP contribution in [-0.2, 0) is 0 Å². The van der Waals surface area contributed by atoms with Gasteiger partial charge in [-0.25, -0.2) is 0 Å². The molecule has 0 aliphatic carbocycles. The maximum Gasteiger partial charge on any atom is 0.255 e. The molecule has 120 valence electrons. The third kappa shape index (κ3) is 3.38. The number of benzene rings is 1. The van der Waals surface area contributed by atoms with Gasteiger partial charge in [0.05, 0.1) is 5.56 Å². The molecule has 4 nitrogen and oxygen atoms in total. The predicted molar refractivity (Wildman–Crippen MR) is 92.6 cm³/mol. The molecule has 0 saturated carbocycles. The monoisotopic (exact) mass is 329 g/mol. The second kappa shape index (κ2) is 6.69. The highest BCUT2D eigenvalue weighted by atomic mass is 35.5. The van der Waals surface area contributed by atoms with Crippen molar-refractivity contribution in [2.45, 2.75) is 25.9 Å². The SMILES string of the molecule is CC1NCCN(C(=O)c2cncc(-c3ccc(Cl)cc3)c2)C1C. The van der Waals surface area contributed by atoms with Crippen molar-refractivity contribution in [3.05, 3.63) is 53.3 Å². The van der Waals surface area contributed by atoms with Crippen LogP contribution in [0.2, 0.25) is 5.02 Å². The van der Waals surface area contributed by atoms with E-state index in [4.69, 9.17) is 11.6 Å². The third-order valence-electron chi connectivity index (χ3n) is 4.46. The van der Waals surface area contributed by atoms with Gasteiger partial charge in [-0.15, -0.1) is 0 Å². The first kappa shape index (κ1) is 16.0. The van der Waals surface area contributed by atoms with E-state index in [1.165, 1.54) is 0 Å². The molecule has 1 aromatic carbocycles. The Balaban J connectivity index is 1.87. The average Bonchev–Trinajstić information content (AvgIpc) is 2.57. The number of halogens is 1. The van der Waals surface area contributed by atoms with E-state index in [-0.39, 0.29) is 11.9 Å². The summed E-state index contributed by atoms with van der Waals surface area (Å²) in [5, 5.41) is 4.08. The van der Waals surface area contributed by atoms with Crippen molar-refractivity contribution in [3.8, 4) is 11.1 Å². The van der Waals surface area contributed by atoms with Gasteiger partial charge in [0.25, 0.3) is 5.91 Å². The third-order valence-corrected chi connectivity index (χ3v) is 4.71.